The zero-order valence-electron chi connectivity index (χ0n) is 5.96. The average Bonchev–Trinajstić information content (AvgIpc) is 1.96. The van der Waals surface area contributed by atoms with Crippen molar-refractivity contribution in [3.8, 4) is 0 Å². The zero-order chi connectivity index (χ0) is 9.30. The maximum atomic E-state index is 10.7. The summed E-state index contributed by atoms with van der Waals surface area (Å²) in [6.07, 6.45) is 0. The minimum atomic E-state index is -1.46. The van der Waals surface area contributed by atoms with Crippen LogP contribution in [0.2, 0.25) is 5.02 Å². The van der Waals surface area contributed by atoms with Crippen molar-refractivity contribution < 1.29 is 9.90 Å². The number of rotatable bonds is 1. The van der Waals surface area contributed by atoms with Gasteiger partial charge in [-0.25, -0.2) is 9.59 Å². The minimum Gasteiger partial charge on any atom is -0.477 e. The van der Waals surface area contributed by atoms with Gasteiger partial charge in [0.1, 0.15) is 5.02 Å². The first-order chi connectivity index (χ1) is 5.52. The summed E-state index contributed by atoms with van der Waals surface area (Å²) in [5, 5.41) is 7.87. The molecule has 0 spiro atoms. The Hall–Kier alpha value is -1.27. The smallest absolute Gasteiger partial charge is 0.354 e. The summed E-state index contributed by atoms with van der Waals surface area (Å²) in [6, 6.07) is 0. The van der Waals surface area contributed by atoms with Crippen LogP contribution in [-0.2, 0) is 0 Å². The van der Waals surface area contributed by atoms with Crippen molar-refractivity contribution in [3.63, 3.8) is 0 Å². The minimum absolute atomic E-state index is 0. The molecule has 0 saturated carbocycles. The van der Waals surface area contributed by atoms with Crippen molar-refractivity contribution in [1.29, 1.82) is 0 Å². The van der Waals surface area contributed by atoms with Crippen molar-refractivity contribution >= 4 is 30.0 Å². The van der Waals surface area contributed by atoms with Crippen LogP contribution in [0.4, 0.5) is 0 Å². The van der Waals surface area contributed by atoms with Crippen LogP contribution in [0.5, 0.6) is 0 Å². The van der Waals surface area contributed by atoms with E-state index < -0.39 is 27.9 Å². The summed E-state index contributed by atoms with van der Waals surface area (Å²) >= 11 is 5.27. The van der Waals surface area contributed by atoms with Gasteiger partial charge < -0.3 is 5.11 Å². The second kappa shape index (κ2) is 4.11. The van der Waals surface area contributed by atoms with Gasteiger partial charge in [0, 0.05) is 0 Å². The van der Waals surface area contributed by atoms with Crippen molar-refractivity contribution in [2.75, 3.05) is 0 Å². The molecule has 0 fully saturated rings. The number of carboxylic acid groups (broad SMARTS) is 1. The Morgan fingerprint density at radius 1 is 1.31 bits per heavy atom. The van der Waals surface area contributed by atoms with Crippen LogP contribution in [-0.4, -0.2) is 21.0 Å². The van der Waals surface area contributed by atoms with Crippen LogP contribution in [0.25, 0.3) is 0 Å². The van der Waals surface area contributed by atoms with E-state index in [2.05, 4.69) is 0 Å². The fourth-order valence-corrected chi connectivity index (χ4v) is 0.794. The maximum Gasteiger partial charge on any atom is 0.354 e. The lowest BCUT2D eigenvalue weighted by atomic mass is 10.4. The molecule has 0 aliphatic carbocycles. The third-order valence-electron chi connectivity index (χ3n) is 1.10. The molecule has 6 nitrogen and oxygen atoms in total. The first kappa shape index (κ1) is 11.7. The van der Waals surface area contributed by atoms with Gasteiger partial charge in [-0.3, -0.25) is 14.8 Å². The molecule has 1 heterocycles. The van der Waals surface area contributed by atoms with E-state index in [1.54, 1.807) is 4.98 Å². The Morgan fingerprint density at radius 3 is 2.31 bits per heavy atom. The average molecular weight is 227 g/mol. The van der Waals surface area contributed by atoms with Crippen molar-refractivity contribution in [1.82, 2.24) is 9.97 Å². The van der Waals surface area contributed by atoms with E-state index in [1.807, 2.05) is 4.98 Å². The van der Waals surface area contributed by atoms with Gasteiger partial charge in [0.15, 0.2) is 5.69 Å². The molecule has 8 heteroatoms. The number of nitrogens with one attached hydrogen (secondary N) is 2. The van der Waals surface area contributed by atoms with Gasteiger partial charge in [0.05, 0.1) is 0 Å². The van der Waals surface area contributed by atoms with Gasteiger partial charge in [-0.2, -0.15) is 0 Å². The third kappa shape index (κ3) is 2.33. The highest BCUT2D eigenvalue weighted by molar-refractivity contribution is 6.32. The normalized spacial score (nSPS) is 9.00. The zero-order valence-corrected chi connectivity index (χ0v) is 7.53. The predicted octanol–water partition coefficient (Wildman–Crippen LogP) is -0.163. The Morgan fingerprint density at radius 2 is 1.85 bits per heavy atom. The lowest BCUT2D eigenvalue weighted by molar-refractivity contribution is 0.0690. The highest BCUT2D eigenvalue weighted by Gasteiger charge is 2.12. The van der Waals surface area contributed by atoms with E-state index >= 15 is 0 Å². The summed E-state index contributed by atoms with van der Waals surface area (Å²) < 4.78 is 0. The maximum absolute atomic E-state index is 10.7. The van der Waals surface area contributed by atoms with Crippen LogP contribution in [0, 0.1) is 0 Å². The molecule has 0 amide bonds. The van der Waals surface area contributed by atoms with E-state index in [-0.39, 0.29) is 12.4 Å². The van der Waals surface area contributed by atoms with Crippen LogP contribution >= 0.6 is 24.0 Å². The van der Waals surface area contributed by atoms with Gasteiger partial charge in [-0.1, -0.05) is 11.6 Å². The highest BCUT2D eigenvalue weighted by atomic mass is 35.5. The van der Waals surface area contributed by atoms with Gasteiger partial charge in [-0.15, -0.1) is 12.4 Å². The Bertz CT molecular complexity index is 435. The lowest BCUT2D eigenvalue weighted by Crippen LogP contribution is -2.26. The Kier molecular flexibility index (Phi) is 3.70. The quantitative estimate of drug-likeness (QED) is 0.619. The van der Waals surface area contributed by atoms with Gasteiger partial charge in [0.2, 0.25) is 0 Å². The number of aromatic amines is 2. The van der Waals surface area contributed by atoms with Gasteiger partial charge in [-0.05, 0) is 0 Å². The number of hydrogen-bond acceptors (Lipinski definition) is 3. The van der Waals surface area contributed by atoms with E-state index in [1.165, 1.54) is 0 Å². The van der Waals surface area contributed by atoms with E-state index in [0.717, 1.165) is 0 Å². The van der Waals surface area contributed by atoms with Crippen LogP contribution in [0.1, 0.15) is 10.5 Å². The van der Waals surface area contributed by atoms with Crippen LogP contribution < -0.4 is 11.2 Å². The van der Waals surface area contributed by atoms with Crippen molar-refractivity contribution in [2.24, 2.45) is 0 Å². The van der Waals surface area contributed by atoms with Crippen LogP contribution in [0.15, 0.2) is 9.59 Å². The van der Waals surface area contributed by atoms with E-state index in [0.29, 0.717) is 0 Å². The second-order valence-corrected chi connectivity index (χ2v) is 2.28. The summed E-state index contributed by atoms with van der Waals surface area (Å²) in [5.74, 6) is -1.46. The van der Waals surface area contributed by atoms with E-state index in [4.69, 9.17) is 16.7 Å². The monoisotopic (exact) mass is 226 g/mol. The number of H-pyrrole nitrogens is 2. The Balaban J connectivity index is 0.00000144. The number of aromatic nitrogens is 2. The standard InChI is InChI=1S/C5H3ClN2O4.ClH/c6-1-2(4(10)11)7-5(12)8-3(1)9;/h(H,10,11)(H2,7,8,9,12);1H. The molecule has 0 aliphatic heterocycles. The molecule has 1 rings (SSSR count). The number of halogens is 2. The van der Waals surface area contributed by atoms with Gasteiger partial charge in [0.25, 0.3) is 5.56 Å². The molecule has 3 N–H and O–H groups in total. The summed E-state index contributed by atoms with van der Waals surface area (Å²) in [5.41, 5.74) is -2.43. The van der Waals surface area contributed by atoms with Crippen molar-refractivity contribution in [2.45, 2.75) is 0 Å². The molecule has 0 unspecified atom stereocenters. The third-order valence-corrected chi connectivity index (χ3v) is 1.46. The molecule has 0 aromatic carbocycles. The first-order valence-corrected chi connectivity index (χ1v) is 3.15. The summed E-state index contributed by atoms with van der Waals surface area (Å²) in [4.78, 5) is 35.2. The Labute approximate surface area is 82.0 Å². The fraction of sp³-hybridized carbons (Fsp3) is 0. The first-order valence-electron chi connectivity index (χ1n) is 2.77. The molecule has 0 atom stereocenters. The largest absolute Gasteiger partial charge is 0.477 e. The SMILES string of the molecule is Cl.O=C(O)c1[nH]c(=O)[nH]c(=O)c1Cl. The summed E-state index contributed by atoms with van der Waals surface area (Å²) in [7, 11) is 0. The number of carboxylic acids is 1. The second-order valence-electron chi connectivity index (χ2n) is 1.90. The predicted molar refractivity (Wildman–Crippen MR) is 46.9 cm³/mol. The molecule has 13 heavy (non-hydrogen) atoms. The molecule has 1 aromatic rings. The summed E-state index contributed by atoms with van der Waals surface area (Å²) in [6.45, 7) is 0. The number of hydrogen-bond donors (Lipinski definition) is 3. The van der Waals surface area contributed by atoms with Crippen molar-refractivity contribution in [3.05, 3.63) is 31.6 Å². The van der Waals surface area contributed by atoms with E-state index in [9.17, 15) is 14.4 Å². The fourth-order valence-electron chi connectivity index (χ4n) is 0.619. The highest BCUT2D eigenvalue weighted by Crippen LogP contribution is 2.03. The number of aromatic carboxylic acids is 1. The topological polar surface area (TPSA) is 103 Å². The molecular formula is C5H4Cl2N2O4. The molecule has 72 valence electrons. The number of carbonyl (C=O) groups is 1. The molecule has 1 aromatic heterocycles. The lowest BCUT2D eigenvalue weighted by Gasteiger charge is -1.94. The molecule has 0 saturated heterocycles. The van der Waals surface area contributed by atoms with Crippen LogP contribution in [0.3, 0.4) is 0 Å². The molecule has 0 radical (unpaired) electrons. The molecule has 0 aliphatic rings. The molecular weight excluding hydrogens is 223 g/mol. The van der Waals surface area contributed by atoms with Gasteiger partial charge >= 0.3 is 11.7 Å². The molecule has 0 bridgehead atoms.